The molecule has 0 amide bonds. The van der Waals surface area contributed by atoms with Gasteiger partial charge in [-0.1, -0.05) is 29.8 Å². The van der Waals surface area contributed by atoms with Gasteiger partial charge in [-0.2, -0.15) is 0 Å². The first-order valence-electron chi connectivity index (χ1n) is 7.05. The van der Waals surface area contributed by atoms with Crippen molar-refractivity contribution < 1.29 is 17.9 Å². The highest BCUT2D eigenvalue weighted by molar-refractivity contribution is 7.91. The Bertz CT molecular complexity index is 828. The Balaban J connectivity index is 2.01. The van der Waals surface area contributed by atoms with E-state index in [4.69, 9.17) is 16.3 Å². The number of hydrogen-bond acceptors (Lipinski definition) is 4. The molecule has 4 nitrogen and oxygen atoms in total. The lowest BCUT2D eigenvalue weighted by Gasteiger charge is -2.08. The number of carbonyl (C=O) groups excluding carboxylic acids is 1. The van der Waals surface area contributed by atoms with Crippen LogP contribution >= 0.6 is 11.6 Å². The molecule has 2 aromatic rings. The van der Waals surface area contributed by atoms with Crippen molar-refractivity contribution in [2.24, 2.45) is 0 Å². The molecule has 0 spiro atoms. The molecule has 0 N–H and O–H groups in total. The molecule has 0 aliphatic heterocycles. The Kier molecular flexibility index (Phi) is 5.44. The SMILES string of the molecule is Cc1ccc(OC(=O)CCS(=O)(=O)c2ccccc2Cl)cc1C. The van der Waals surface area contributed by atoms with Crippen LogP contribution < -0.4 is 4.74 Å². The average molecular weight is 353 g/mol. The van der Waals surface area contributed by atoms with Crippen LogP contribution in [-0.2, 0) is 14.6 Å². The number of sulfone groups is 1. The molecular weight excluding hydrogens is 336 g/mol. The number of ether oxygens (including phenoxy) is 1. The van der Waals surface area contributed by atoms with E-state index in [1.807, 2.05) is 19.9 Å². The zero-order valence-electron chi connectivity index (χ0n) is 12.9. The summed E-state index contributed by atoms with van der Waals surface area (Å²) in [6.45, 7) is 3.87. The lowest BCUT2D eigenvalue weighted by Crippen LogP contribution is -2.16. The summed E-state index contributed by atoms with van der Waals surface area (Å²) in [7, 11) is -3.63. The van der Waals surface area contributed by atoms with E-state index < -0.39 is 15.8 Å². The molecule has 6 heteroatoms. The molecule has 2 aromatic carbocycles. The lowest BCUT2D eigenvalue weighted by atomic mass is 10.1. The van der Waals surface area contributed by atoms with Gasteiger partial charge in [0.25, 0.3) is 0 Å². The van der Waals surface area contributed by atoms with E-state index in [-0.39, 0.29) is 22.1 Å². The number of benzene rings is 2. The predicted octanol–water partition coefficient (Wildman–Crippen LogP) is 3.73. The van der Waals surface area contributed by atoms with E-state index >= 15 is 0 Å². The van der Waals surface area contributed by atoms with Crippen LogP contribution in [0.3, 0.4) is 0 Å². The Morgan fingerprint density at radius 2 is 1.78 bits per heavy atom. The largest absolute Gasteiger partial charge is 0.426 e. The first-order valence-corrected chi connectivity index (χ1v) is 9.08. The molecule has 0 aliphatic carbocycles. The molecule has 0 unspecified atom stereocenters. The molecule has 2 rings (SSSR count). The van der Waals surface area contributed by atoms with Gasteiger partial charge in [-0.05, 0) is 49.2 Å². The molecule has 0 fully saturated rings. The van der Waals surface area contributed by atoms with Gasteiger partial charge in [0.1, 0.15) is 5.75 Å². The third-order valence-corrected chi connectivity index (χ3v) is 5.67. The minimum atomic E-state index is -3.63. The zero-order valence-corrected chi connectivity index (χ0v) is 14.4. The van der Waals surface area contributed by atoms with Gasteiger partial charge in [0.15, 0.2) is 9.84 Å². The maximum atomic E-state index is 12.2. The van der Waals surface area contributed by atoms with Crippen LogP contribution in [0.5, 0.6) is 5.75 Å². The molecule has 0 saturated heterocycles. The van der Waals surface area contributed by atoms with E-state index in [0.29, 0.717) is 5.75 Å². The second-order valence-electron chi connectivity index (χ2n) is 5.22. The fourth-order valence-electron chi connectivity index (χ4n) is 1.98. The third-order valence-electron chi connectivity index (χ3n) is 3.46. The normalized spacial score (nSPS) is 11.3. The van der Waals surface area contributed by atoms with Gasteiger partial charge in [0, 0.05) is 0 Å². The second-order valence-corrected chi connectivity index (χ2v) is 7.70. The van der Waals surface area contributed by atoms with E-state index in [0.717, 1.165) is 11.1 Å². The van der Waals surface area contributed by atoms with Crippen molar-refractivity contribution in [3.63, 3.8) is 0 Å². The van der Waals surface area contributed by atoms with Gasteiger partial charge in [-0.3, -0.25) is 4.79 Å². The van der Waals surface area contributed by atoms with Crippen LogP contribution in [0.15, 0.2) is 47.4 Å². The van der Waals surface area contributed by atoms with Crippen molar-refractivity contribution in [1.82, 2.24) is 0 Å². The summed E-state index contributed by atoms with van der Waals surface area (Å²) in [5.74, 6) is -0.530. The Morgan fingerprint density at radius 3 is 2.43 bits per heavy atom. The summed E-state index contributed by atoms with van der Waals surface area (Å²) in [4.78, 5) is 11.9. The molecule has 23 heavy (non-hydrogen) atoms. The standard InChI is InChI=1S/C17H17ClO4S/c1-12-7-8-14(11-13(12)2)22-17(19)9-10-23(20,21)16-6-4-3-5-15(16)18/h3-8,11H,9-10H2,1-2H3. The van der Waals surface area contributed by atoms with E-state index in [1.165, 1.54) is 12.1 Å². The number of esters is 1. The summed E-state index contributed by atoms with van der Waals surface area (Å²) < 4.78 is 29.6. The van der Waals surface area contributed by atoms with Gasteiger partial charge in [0.2, 0.25) is 0 Å². The highest BCUT2D eigenvalue weighted by Gasteiger charge is 2.20. The van der Waals surface area contributed by atoms with E-state index in [9.17, 15) is 13.2 Å². The molecule has 0 bridgehead atoms. The number of halogens is 1. The quantitative estimate of drug-likeness (QED) is 0.607. The molecule has 0 aliphatic rings. The summed E-state index contributed by atoms with van der Waals surface area (Å²) in [5, 5.41) is 0.148. The summed E-state index contributed by atoms with van der Waals surface area (Å²) in [6, 6.07) is 11.4. The van der Waals surface area contributed by atoms with Gasteiger partial charge >= 0.3 is 5.97 Å². The van der Waals surface area contributed by atoms with Gasteiger partial charge < -0.3 is 4.74 Å². The maximum absolute atomic E-state index is 12.2. The minimum absolute atomic E-state index is 0.0284. The average Bonchev–Trinajstić information content (AvgIpc) is 2.49. The van der Waals surface area contributed by atoms with Gasteiger partial charge in [0.05, 0.1) is 22.1 Å². The van der Waals surface area contributed by atoms with Gasteiger partial charge in [-0.25, -0.2) is 8.42 Å². The van der Waals surface area contributed by atoms with E-state index in [1.54, 1.807) is 24.3 Å². The number of aryl methyl sites for hydroxylation is 2. The maximum Gasteiger partial charge on any atom is 0.312 e. The highest BCUT2D eigenvalue weighted by atomic mass is 35.5. The Morgan fingerprint density at radius 1 is 1.09 bits per heavy atom. The van der Waals surface area contributed by atoms with Crippen molar-refractivity contribution in [2.75, 3.05) is 5.75 Å². The van der Waals surface area contributed by atoms with Crippen LogP contribution in [0, 0.1) is 13.8 Å². The van der Waals surface area contributed by atoms with Crippen molar-refractivity contribution in [3.8, 4) is 5.75 Å². The molecule has 0 radical (unpaired) electrons. The highest BCUT2D eigenvalue weighted by Crippen LogP contribution is 2.22. The van der Waals surface area contributed by atoms with Crippen molar-refractivity contribution in [2.45, 2.75) is 25.2 Å². The first-order chi connectivity index (χ1) is 10.8. The predicted molar refractivity (Wildman–Crippen MR) is 89.7 cm³/mol. The number of hydrogen-bond donors (Lipinski definition) is 0. The fraction of sp³-hybridized carbons (Fsp3) is 0.235. The number of carbonyl (C=O) groups is 1. The molecule has 122 valence electrons. The molecule has 0 atom stereocenters. The van der Waals surface area contributed by atoms with Crippen molar-refractivity contribution >= 4 is 27.4 Å². The van der Waals surface area contributed by atoms with Crippen LogP contribution in [0.4, 0.5) is 0 Å². The van der Waals surface area contributed by atoms with Crippen molar-refractivity contribution in [3.05, 3.63) is 58.6 Å². The van der Waals surface area contributed by atoms with Crippen LogP contribution in [0.25, 0.3) is 0 Å². The number of rotatable bonds is 5. The molecule has 0 heterocycles. The van der Waals surface area contributed by atoms with Crippen molar-refractivity contribution in [1.29, 1.82) is 0 Å². The summed E-state index contributed by atoms with van der Waals surface area (Å²) >= 11 is 5.89. The second kappa shape index (κ2) is 7.15. The minimum Gasteiger partial charge on any atom is -0.426 e. The molecule has 0 saturated carbocycles. The molecular formula is C17H17ClO4S. The first kappa shape index (κ1) is 17.5. The lowest BCUT2D eigenvalue weighted by molar-refractivity contribution is -0.133. The van der Waals surface area contributed by atoms with E-state index in [2.05, 4.69) is 0 Å². The monoisotopic (exact) mass is 352 g/mol. The topological polar surface area (TPSA) is 60.4 Å². The summed E-state index contributed by atoms with van der Waals surface area (Å²) in [5.41, 5.74) is 2.09. The molecule has 0 aromatic heterocycles. The van der Waals surface area contributed by atoms with Gasteiger partial charge in [-0.15, -0.1) is 0 Å². The smallest absolute Gasteiger partial charge is 0.312 e. The van der Waals surface area contributed by atoms with Crippen LogP contribution in [0.1, 0.15) is 17.5 Å². The Hall–Kier alpha value is -1.85. The van der Waals surface area contributed by atoms with Crippen LogP contribution in [-0.4, -0.2) is 20.1 Å². The fourth-order valence-corrected chi connectivity index (χ4v) is 3.78. The summed E-state index contributed by atoms with van der Waals surface area (Å²) in [6.07, 6.45) is -0.236. The zero-order chi connectivity index (χ0) is 17.0. The third kappa shape index (κ3) is 4.56. The Labute approximate surface area is 141 Å². The van der Waals surface area contributed by atoms with Crippen LogP contribution in [0.2, 0.25) is 5.02 Å².